The molecule has 0 N–H and O–H groups in total. The number of esters is 1. The highest BCUT2D eigenvalue weighted by molar-refractivity contribution is 5.94. The van der Waals surface area contributed by atoms with Crippen molar-refractivity contribution < 1.29 is 23.9 Å². The molecule has 0 unspecified atom stereocenters. The van der Waals surface area contributed by atoms with E-state index in [1.165, 1.54) is 6.92 Å². The van der Waals surface area contributed by atoms with Crippen molar-refractivity contribution in [1.82, 2.24) is 4.90 Å². The minimum absolute atomic E-state index is 0.0393. The molecule has 148 valence electrons. The zero-order valence-corrected chi connectivity index (χ0v) is 16.7. The van der Waals surface area contributed by atoms with Gasteiger partial charge in [-0.05, 0) is 78.1 Å². The number of piperidine rings is 1. The number of amides is 1. The van der Waals surface area contributed by atoms with Crippen molar-refractivity contribution in [2.45, 2.75) is 78.2 Å². The molecule has 1 aromatic carbocycles. The van der Waals surface area contributed by atoms with Crippen LogP contribution in [0.5, 0.6) is 5.75 Å². The summed E-state index contributed by atoms with van der Waals surface area (Å²) in [6.45, 7) is 8.71. The summed E-state index contributed by atoms with van der Waals surface area (Å²) in [6, 6.07) is 6.84. The van der Waals surface area contributed by atoms with Gasteiger partial charge in [0.05, 0.1) is 0 Å². The predicted octanol–water partition coefficient (Wildman–Crippen LogP) is 3.38. The quantitative estimate of drug-likeness (QED) is 0.563. The number of ketones is 1. The molecule has 6 heteroatoms. The van der Waals surface area contributed by atoms with Gasteiger partial charge < -0.3 is 14.4 Å². The molecule has 6 nitrogen and oxygen atoms in total. The first kappa shape index (κ1) is 20.9. The van der Waals surface area contributed by atoms with Gasteiger partial charge in [0.25, 0.3) is 5.91 Å². The molecule has 1 heterocycles. The van der Waals surface area contributed by atoms with Crippen molar-refractivity contribution in [3.8, 4) is 5.75 Å². The smallest absolute Gasteiger partial charge is 0.347 e. The first-order valence-corrected chi connectivity index (χ1v) is 9.51. The van der Waals surface area contributed by atoms with Crippen molar-refractivity contribution in [1.29, 1.82) is 0 Å². The van der Waals surface area contributed by atoms with Crippen LogP contribution in [0, 0.1) is 0 Å². The zero-order valence-electron chi connectivity index (χ0n) is 16.7. The number of hydrogen-bond acceptors (Lipinski definition) is 5. The van der Waals surface area contributed by atoms with Crippen molar-refractivity contribution in [2.24, 2.45) is 0 Å². The molecule has 1 aliphatic rings. The SMILES string of the molecule is CC(=O)c1ccc(O[C@H](C)C(=O)O[C@@H](C)C(=O)N2[C@@H](C)CCC[C@@H]2C)cc1. The number of Topliss-reactive ketones (excluding diaryl/α,β-unsaturated/α-hetero) is 1. The molecule has 0 radical (unpaired) electrons. The van der Waals surface area contributed by atoms with Gasteiger partial charge in [0.15, 0.2) is 18.0 Å². The Hall–Kier alpha value is -2.37. The number of carbonyl (C=O) groups is 3. The normalized spacial score (nSPS) is 21.9. The van der Waals surface area contributed by atoms with Gasteiger partial charge in [0.2, 0.25) is 0 Å². The van der Waals surface area contributed by atoms with Gasteiger partial charge >= 0.3 is 5.97 Å². The monoisotopic (exact) mass is 375 g/mol. The summed E-state index contributed by atoms with van der Waals surface area (Å²) in [5.74, 6) is -0.339. The molecular formula is C21H29NO5. The van der Waals surface area contributed by atoms with Crippen LogP contribution in [0.4, 0.5) is 0 Å². The minimum Gasteiger partial charge on any atom is -0.479 e. The summed E-state index contributed by atoms with van der Waals surface area (Å²) in [7, 11) is 0. The van der Waals surface area contributed by atoms with Crippen molar-refractivity contribution >= 4 is 17.7 Å². The molecule has 1 aromatic rings. The first-order valence-electron chi connectivity index (χ1n) is 9.51. The summed E-state index contributed by atoms with van der Waals surface area (Å²) in [4.78, 5) is 38.1. The van der Waals surface area contributed by atoms with Crippen LogP contribution in [0.1, 0.15) is 64.2 Å². The second-order valence-electron chi connectivity index (χ2n) is 7.29. The highest BCUT2D eigenvalue weighted by Crippen LogP contribution is 2.24. The summed E-state index contributed by atoms with van der Waals surface area (Å²) in [5, 5.41) is 0. The van der Waals surface area contributed by atoms with Gasteiger partial charge in [-0.25, -0.2) is 4.79 Å². The molecule has 4 atom stereocenters. The highest BCUT2D eigenvalue weighted by Gasteiger charge is 2.34. The van der Waals surface area contributed by atoms with Crippen LogP contribution in [0.3, 0.4) is 0 Å². The number of rotatable bonds is 6. The lowest BCUT2D eigenvalue weighted by Gasteiger charge is -2.40. The average molecular weight is 375 g/mol. The number of benzene rings is 1. The van der Waals surface area contributed by atoms with Crippen molar-refractivity contribution in [2.75, 3.05) is 0 Å². The molecule has 0 aliphatic carbocycles. The largest absolute Gasteiger partial charge is 0.479 e. The third-order valence-corrected chi connectivity index (χ3v) is 4.99. The lowest BCUT2D eigenvalue weighted by atomic mass is 9.97. The second kappa shape index (κ2) is 9.02. The minimum atomic E-state index is -0.861. The lowest BCUT2D eigenvalue weighted by Crippen LogP contribution is -2.52. The van der Waals surface area contributed by atoms with Gasteiger partial charge in [-0.3, -0.25) is 9.59 Å². The van der Waals surface area contributed by atoms with E-state index in [2.05, 4.69) is 0 Å². The molecule has 1 fully saturated rings. The Morgan fingerprint density at radius 1 is 1.00 bits per heavy atom. The van der Waals surface area contributed by atoms with Crippen LogP contribution >= 0.6 is 0 Å². The Morgan fingerprint density at radius 2 is 1.56 bits per heavy atom. The fourth-order valence-electron chi connectivity index (χ4n) is 3.41. The molecule has 0 spiro atoms. The number of carbonyl (C=O) groups excluding carboxylic acids is 3. The molecule has 1 saturated heterocycles. The Morgan fingerprint density at radius 3 is 2.07 bits per heavy atom. The predicted molar refractivity (Wildman–Crippen MR) is 102 cm³/mol. The fourth-order valence-corrected chi connectivity index (χ4v) is 3.41. The van der Waals surface area contributed by atoms with E-state index in [1.807, 2.05) is 18.7 Å². The maximum Gasteiger partial charge on any atom is 0.347 e. The van der Waals surface area contributed by atoms with Gasteiger partial charge in [-0.2, -0.15) is 0 Å². The highest BCUT2D eigenvalue weighted by atomic mass is 16.6. The third kappa shape index (κ3) is 5.31. The van der Waals surface area contributed by atoms with Crippen LogP contribution < -0.4 is 4.74 Å². The molecule has 0 bridgehead atoms. The van der Waals surface area contributed by atoms with Gasteiger partial charge in [0.1, 0.15) is 5.75 Å². The summed E-state index contributed by atoms with van der Waals surface area (Å²) >= 11 is 0. The maximum atomic E-state index is 12.7. The molecule has 0 aromatic heterocycles. The van der Waals surface area contributed by atoms with Gasteiger partial charge in [0, 0.05) is 17.6 Å². The standard InChI is InChI=1S/C21H29NO5/c1-13-7-6-8-14(2)22(13)20(24)16(4)27-21(25)17(5)26-19-11-9-18(10-12-19)15(3)23/h9-14,16-17H,6-8H2,1-5H3/t13-,14-,16-,17+/m0/s1. The van der Waals surface area contributed by atoms with E-state index in [0.29, 0.717) is 11.3 Å². The summed E-state index contributed by atoms with van der Waals surface area (Å²) < 4.78 is 10.9. The van der Waals surface area contributed by atoms with E-state index >= 15 is 0 Å². The second-order valence-corrected chi connectivity index (χ2v) is 7.29. The average Bonchev–Trinajstić information content (AvgIpc) is 2.61. The van der Waals surface area contributed by atoms with Crippen LogP contribution in [-0.4, -0.2) is 46.9 Å². The van der Waals surface area contributed by atoms with Gasteiger partial charge in [-0.1, -0.05) is 0 Å². The summed E-state index contributed by atoms with van der Waals surface area (Å²) in [6.07, 6.45) is 1.32. The number of nitrogens with zero attached hydrogens (tertiary/aromatic N) is 1. The number of hydrogen-bond donors (Lipinski definition) is 0. The van der Waals surface area contributed by atoms with Crippen LogP contribution in [0.15, 0.2) is 24.3 Å². The number of ether oxygens (including phenoxy) is 2. The van der Waals surface area contributed by atoms with E-state index in [1.54, 1.807) is 38.1 Å². The lowest BCUT2D eigenvalue weighted by molar-refractivity contribution is -0.166. The third-order valence-electron chi connectivity index (χ3n) is 4.99. The first-order chi connectivity index (χ1) is 12.7. The Bertz CT molecular complexity index is 674. The number of likely N-dealkylation sites (tertiary alicyclic amines) is 1. The Labute approximate surface area is 160 Å². The maximum absolute atomic E-state index is 12.7. The Balaban J connectivity index is 1.92. The van der Waals surface area contributed by atoms with E-state index in [4.69, 9.17) is 9.47 Å². The van der Waals surface area contributed by atoms with E-state index in [0.717, 1.165) is 19.3 Å². The van der Waals surface area contributed by atoms with E-state index in [9.17, 15) is 14.4 Å². The van der Waals surface area contributed by atoms with Crippen molar-refractivity contribution in [3.05, 3.63) is 29.8 Å². The molecule has 27 heavy (non-hydrogen) atoms. The van der Waals surface area contributed by atoms with Crippen LogP contribution in [0.25, 0.3) is 0 Å². The van der Waals surface area contributed by atoms with E-state index in [-0.39, 0.29) is 23.8 Å². The molecule has 2 rings (SSSR count). The molecule has 1 amide bonds. The summed E-state index contributed by atoms with van der Waals surface area (Å²) in [5.41, 5.74) is 0.571. The topological polar surface area (TPSA) is 72.9 Å². The molecular weight excluding hydrogens is 346 g/mol. The van der Waals surface area contributed by atoms with E-state index < -0.39 is 18.2 Å². The zero-order chi connectivity index (χ0) is 20.1. The van der Waals surface area contributed by atoms with Crippen molar-refractivity contribution in [3.63, 3.8) is 0 Å². The van der Waals surface area contributed by atoms with Crippen LogP contribution in [-0.2, 0) is 14.3 Å². The van der Waals surface area contributed by atoms with Crippen LogP contribution in [0.2, 0.25) is 0 Å². The Kier molecular flexibility index (Phi) is 6.99. The fraction of sp³-hybridized carbons (Fsp3) is 0.571. The molecule has 0 saturated carbocycles. The van der Waals surface area contributed by atoms with Gasteiger partial charge in [-0.15, -0.1) is 0 Å². The molecule has 1 aliphatic heterocycles.